The van der Waals surface area contributed by atoms with E-state index in [-0.39, 0.29) is 6.04 Å². The fourth-order valence-corrected chi connectivity index (χ4v) is 3.81. The summed E-state index contributed by atoms with van der Waals surface area (Å²) in [6.45, 7) is 1.30. The number of rotatable bonds is 5. The van der Waals surface area contributed by atoms with Crippen LogP contribution in [0.25, 0.3) is 0 Å². The van der Waals surface area contributed by atoms with Crippen molar-refractivity contribution in [1.82, 2.24) is 14.6 Å². The molecule has 1 fully saturated rings. The van der Waals surface area contributed by atoms with E-state index in [0.717, 1.165) is 19.3 Å². The summed E-state index contributed by atoms with van der Waals surface area (Å²) in [6.07, 6.45) is 7.88. The summed E-state index contributed by atoms with van der Waals surface area (Å²) in [6, 6.07) is 4.28. The van der Waals surface area contributed by atoms with E-state index in [1.54, 1.807) is 16.7 Å². The van der Waals surface area contributed by atoms with Crippen LogP contribution in [0.15, 0.2) is 24.5 Å². The van der Waals surface area contributed by atoms with Crippen LogP contribution in [-0.2, 0) is 10.0 Å². The zero-order valence-electron chi connectivity index (χ0n) is 12.1. The molecule has 0 amide bonds. The number of nitrogens with zero attached hydrogens (tertiary/aromatic N) is 2. The SMILES string of the molecule is CNC(CC1CCCN(S(C)(=O)=O)C1)c1ccncc1. The molecule has 1 aromatic rings. The molecule has 1 saturated heterocycles. The van der Waals surface area contributed by atoms with Gasteiger partial charge in [0.25, 0.3) is 0 Å². The standard InChI is InChI=1S/C14H23N3O2S/c1-15-14(13-5-7-16-8-6-13)10-12-4-3-9-17(11-12)20(2,18)19/h5-8,12,14-15H,3-4,9-11H2,1-2H3. The molecule has 20 heavy (non-hydrogen) atoms. The van der Waals surface area contributed by atoms with Crippen molar-refractivity contribution in [2.24, 2.45) is 5.92 Å². The van der Waals surface area contributed by atoms with Gasteiger partial charge in [-0.1, -0.05) is 0 Å². The van der Waals surface area contributed by atoms with Gasteiger partial charge in [-0.15, -0.1) is 0 Å². The molecule has 2 heterocycles. The summed E-state index contributed by atoms with van der Waals surface area (Å²) in [4.78, 5) is 4.04. The van der Waals surface area contributed by atoms with E-state index in [4.69, 9.17) is 0 Å². The van der Waals surface area contributed by atoms with Crippen LogP contribution in [0.3, 0.4) is 0 Å². The number of hydrogen-bond donors (Lipinski definition) is 1. The molecule has 2 atom stereocenters. The highest BCUT2D eigenvalue weighted by atomic mass is 32.2. The molecular weight excluding hydrogens is 274 g/mol. The highest BCUT2D eigenvalue weighted by Gasteiger charge is 2.27. The molecule has 1 aliphatic rings. The molecule has 0 bridgehead atoms. The molecule has 112 valence electrons. The van der Waals surface area contributed by atoms with Gasteiger partial charge in [0, 0.05) is 31.5 Å². The first-order valence-electron chi connectivity index (χ1n) is 7.03. The molecule has 0 aromatic carbocycles. The number of nitrogens with one attached hydrogen (secondary N) is 1. The van der Waals surface area contributed by atoms with Gasteiger partial charge in [-0.3, -0.25) is 4.98 Å². The van der Waals surface area contributed by atoms with Crippen LogP contribution in [0.5, 0.6) is 0 Å². The summed E-state index contributed by atoms with van der Waals surface area (Å²) in [5.41, 5.74) is 1.21. The predicted octanol–water partition coefficient (Wildman–Crippen LogP) is 1.40. The fourth-order valence-electron chi connectivity index (χ4n) is 2.87. The summed E-state index contributed by atoms with van der Waals surface area (Å²) in [7, 11) is -1.12. The van der Waals surface area contributed by atoms with Crippen LogP contribution in [0, 0.1) is 5.92 Å². The molecule has 2 unspecified atom stereocenters. The van der Waals surface area contributed by atoms with Crippen molar-refractivity contribution in [3.8, 4) is 0 Å². The van der Waals surface area contributed by atoms with E-state index < -0.39 is 10.0 Å². The zero-order chi connectivity index (χ0) is 14.6. The lowest BCUT2D eigenvalue weighted by molar-refractivity contribution is 0.240. The van der Waals surface area contributed by atoms with Gasteiger partial charge in [-0.05, 0) is 49.9 Å². The predicted molar refractivity (Wildman–Crippen MR) is 79.8 cm³/mol. The average Bonchev–Trinajstić information content (AvgIpc) is 2.45. The molecular formula is C14H23N3O2S. The first-order valence-corrected chi connectivity index (χ1v) is 8.88. The topological polar surface area (TPSA) is 62.3 Å². The Hall–Kier alpha value is -0.980. The second-order valence-electron chi connectivity index (χ2n) is 5.49. The van der Waals surface area contributed by atoms with Gasteiger partial charge in [0.1, 0.15) is 0 Å². The van der Waals surface area contributed by atoms with E-state index in [0.29, 0.717) is 19.0 Å². The van der Waals surface area contributed by atoms with Crippen molar-refractivity contribution >= 4 is 10.0 Å². The van der Waals surface area contributed by atoms with Gasteiger partial charge < -0.3 is 5.32 Å². The van der Waals surface area contributed by atoms with Crippen molar-refractivity contribution in [1.29, 1.82) is 0 Å². The largest absolute Gasteiger partial charge is 0.313 e. The second kappa shape index (κ2) is 6.65. The fraction of sp³-hybridized carbons (Fsp3) is 0.643. The molecule has 5 nitrogen and oxygen atoms in total. The maximum Gasteiger partial charge on any atom is 0.211 e. The number of pyridine rings is 1. The molecule has 0 aliphatic carbocycles. The van der Waals surface area contributed by atoms with Gasteiger partial charge in [0.15, 0.2) is 0 Å². The molecule has 1 aliphatic heterocycles. The Kier molecular flexibility index (Phi) is 5.12. The molecule has 1 N–H and O–H groups in total. The van der Waals surface area contributed by atoms with E-state index in [1.165, 1.54) is 11.8 Å². The van der Waals surface area contributed by atoms with E-state index in [2.05, 4.69) is 10.3 Å². The number of piperidine rings is 1. The van der Waals surface area contributed by atoms with Gasteiger partial charge in [0.05, 0.1) is 6.26 Å². The van der Waals surface area contributed by atoms with Crippen LogP contribution >= 0.6 is 0 Å². The molecule has 1 aromatic heterocycles. The lowest BCUT2D eigenvalue weighted by atomic mass is 9.90. The minimum absolute atomic E-state index is 0.252. The maximum absolute atomic E-state index is 11.7. The third kappa shape index (κ3) is 4.01. The quantitative estimate of drug-likeness (QED) is 0.892. The van der Waals surface area contributed by atoms with Crippen LogP contribution in [0.2, 0.25) is 0 Å². The van der Waals surface area contributed by atoms with E-state index in [1.807, 2.05) is 19.2 Å². The minimum Gasteiger partial charge on any atom is -0.313 e. The second-order valence-corrected chi connectivity index (χ2v) is 7.47. The van der Waals surface area contributed by atoms with Gasteiger partial charge in [-0.25, -0.2) is 12.7 Å². The van der Waals surface area contributed by atoms with Crippen LogP contribution < -0.4 is 5.32 Å². The maximum atomic E-state index is 11.7. The normalized spacial score (nSPS) is 22.6. The van der Waals surface area contributed by atoms with Crippen molar-refractivity contribution < 1.29 is 8.42 Å². The van der Waals surface area contributed by atoms with Crippen molar-refractivity contribution in [3.05, 3.63) is 30.1 Å². The molecule has 0 saturated carbocycles. The smallest absolute Gasteiger partial charge is 0.211 e. The van der Waals surface area contributed by atoms with Crippen LogP contribution in [0.1, 0.15) is 30.9 Å². The minimum atomic E-state index is -3.06. The first kappa shape index (κ1) is 15.4. The lowest BCUT2D eigenvalue weighted by Gasteiger charge is -2.33. The van der Waals surface area contributed by atoms with Gasteiger partial charge >= 0.3 is 0 Å². The van der Waals surface area contributed by atoms with Crippen molar-refractivity contribution in [2.45, 2.75) is 25.3 Å². The third-order valence-electron chi connectivity index (χ3n) is 3.98. The molecule has 0 radical (unpaired) electrons. The van der Waals surface area contributed by atoms with Gasteiger partial charge in [-0.2, -0.15) is 0 Å². The molecule has 2 rings (SSSR count). The Labute approximate surface area is 121 Å². The van der Waals surface area contributed by atoms with Crippen LogP contribution in [0.4, 0.5) is 0 Å². The van der Waals surface area contributed by atoms with E-state index in [9.17, 15) is 8.42 Å². The molecule has 6 heteroatoms. The Balaban J connectivity index is 2.01. The summed E-state index contributed by atoms with van der Waals surface area (Å²) in [5.74, 6) is 0.407. The number of hydrogen-bond acceptors (Lipinski definition) is 4. The van der Waals surface area contributed by atoms with Crippen LogP contribution in [-0.4, -0.2) is 44.1 Å². The first-order chi connectivity index (χ1) is 9.50. The Bertz CT molecular complexity index is 518. The molecule has 0 spiro atoms. The highest BCUT2D eigenvalue weighted by molar-refractivity contribution is 7.88. The highest BCUT2D eigenvalue weighted by Crippen LogP contribution is 2.28. The summed E-state index contributed by atoms with van der Waals surface area (Å²) < 4.78 is 24.9. The van der Waals surface area contributed by atoms with Gasteiger partial charge in [0.2, 0.25) is 10.0 Å². The number of aromatic nitrogens is 1. The Morgan fingerprint density at radius 2 is 2.15 bits per heavy atom. The van der Waals surface area contributed by atoms with Crippen molar-refractivity contribution in [3.63, 3.8) is 0 Å². The monoisotopic (exact) mass is 297 g/mol. The Morgan fingerprint density at radius 3 is 2.75 bits per heavy atom. The van der Waals surface area contributed by atoms with Crippen molar-refractivity contribution in [2.75, 3.05) is 26.4 Å². The summed E-state index contributed by atoms with van der Waals surface area (Å²) >= 11 is 0. The number of sulfonamides is 1. The lowest BCUT2D eigenvalue weighted by Crippen LogP contribution is -2.40. The average molecular weight is 297 g/mol. The summed E-state index contributed by atoms with van der Waals surface area (Å²) in [5, 5.41) is 3.32. The Morgan fingerprint density at radius 1 is 1.45 bits per heavy atom. The van der Waals surface area contributed by atoms with E-state index >= 15 is 0 Å². The zero-order valence-corrected chi connectivity index (χ0v) is 12.9. The third-order valence-corrected chi connectivity index (χ3v) is 5.25.